The van der Waals surface area contributed by atoms with Crippen LogP contribution in [0.15, 0.2) is 53.4 Å². The van der Waals surface area contributed by atoms with Crippen LogP contribution in [-0.4, -0.2) is 55.9 Å². The predicted octanol–water partition coefficient (Wildman–Crippen LogP) is 3.09. The largest absolute Gasteiger partial charge is 0.493 e. The smallest absolute Gasteiger partial charge is 0.294 e. The van der Waals surface area contributed by atoms with Gasteiger partial charge in [-0.15, -0.1) is 0 Å². The van der Waals surface area contributed by atoms with Crippen LogP contribution in [0.4, 0.5) is 0 Å². The highest BCUT2D eigenvalue weighted by atomic mass is 32.2. The van der Waals surface area contributed by atoms with Crippen molar-refractivity contribution < 1.29 is 27.6 Å². The summed E-state index contributed by atoms with van der Waals surface area (Å²) in [7, 11) is -0.177. The molecule has 172 valence electrons. The summed E-state index contributed by atoms with van der Waals surface area (Å²) in [5, 5.41) is 9.97. The first-order valence-corrected chi connectivity index (χ1v) is 12.0. The van der Waals surface area contributed by atoms with Gasteiger partial charge in [0.25, 0.3) is 10.1 Å². The quantitative estimate of drug-likeness (QED) is 0.526. The van der Waals surface area contributed by atoms with Crippen molar-refractivity contribution in [2.75, 3.05) is 20.7 Å². The molecule has 2 aromatic carbocycles. The van der Waals surface area contributed by atoms with Gasteiger partial charge in [0, 0.05) is 18.5 Å². The first kappa shape index (κ1) is 22.8. The van der Waals surface area contributed by atoms with Gasteiger partial charge in [-0.1, -0.05) is 35.9 Å². The van der Waals surface area contributed by atoms with E-state index in [2.05, 4.69) is 24.1 Å². The van der Waals surface area contributed by atoms with E-state index in [1.165, 1.54) is 23.3 Å². The van der Waals surface area contributed by atoms with Crippen LogP contribution in [0.5, 0.6) is 11.5 Å². The highest BCUT2D eigenvalue weighted by Gasteiger charge is 2.52. The van der Waals surface area contributed by atoms with Gasteiger partial charge in [0.2, 0.25) is 0 Å². The fourth-order valence-electron chi connectivity index (χ4n) is 4.79. The van der Waals surface area contributed by atoms with Gasteiger partial charge in [-0.3, -0.25) is 4.55 Å². The molecule has 1 spiro atoms. The number of rotatable bonds is 2. The fourth-order valence-corrected chi connectivity index (χ4v) is 5.27. The van der Waals surface area contributed by atoms with Gasteiger partial charge in [0.05, 0.1) is 23.5 Å². The molecule has 0 unspecified atom stereocenters. The molecule has 0 aromatic heterocycles. The Morgan fingerprint density at radius 3 is 2.56 bits per heavy atom. The lowest BCUT2D eigenvalue weighted by atomic mass is 9.69. The number of hydrogen-bond donors (Lipinski definition) is 2. The Hall–Kier alpha value is -2.39. The van der Waals surface area contributed by atoms with Crippen molar-refractivity contribution in [3.63, 3.8) is 0 Å². The van der Waals surface area contributed by atoms with Gasteiger partial charge in [-0.05, 0) is 50.7 Å². The number of aryl methyl sites for hydroxylation is 1. The molecule has 3 atom stereocenters. The molecule has 2 heterocycles. The van der Waals surface area contributed by atoms with Crippen molar-refractivity contribution in [1.29, 1.82) is 0 Å². The molecule has 5 rings (SSSR count). The van der Waals surface area contributed by atoms with Gasteiger partial charge < -0.3 is 19.5 Å². The molecule has 0 fully saturated rings. The van der Waals surface area contributed by atoms with Crippen molar-refractivity contribution in [2.24, 2.45) is 0 Å². The first-order valence-electron chi connectivity index (χ1n) is 10.6. The lowest BCUT2D eigenvalue weighted by molar-refractivity contribution is 0.0821. The minimum Gasteiger partial charge on any atom is -0.493 e. The second-order valence-corrected chi connectivity index (χ2v) is 10.1. The van der Waals surface area contributed by atoms with Crippen LogP contribution in [0.1, 0.15) is 29.5 Å². The normalized spacial score (nSPS) is 26.2. The third-order valence-electron chi connectivity index (χ3n) is 6.47. The number of ether oxygens (including phenoxy) is 2. The minimum absolute atomic E-state index is 0.00838. The lowest BCUT2D eigenvalue weighted by Gasteiger charge is -2.35. The van der Waals surface area contributed by atoms with Crippen molar-refractivity contribution in [3.05, 3.63) is 65.2 Å². The van der Waals surface area contributed by atoms with Crippen LogP contribution < -0.4 is 9.47 Å². The average Bonchev–Trinajstić information content (AvgIpc) is 2.99. The Kier molecular flexibility index (Phi) is 6.06. The molecule has 3 aliphatic rings. The SMILES string of the molecule is COc1ccc2c3c1O[C@H]1C[C@@H](O)C=C[C@@]31CCN(C)C2.Cc1ccc(S(=O)(=O)O)cc1. The van der Waals surface area contributed by atoms with E-state index in [-0.39, 0.29) is 16.4 Å². The molecule has 0 saturated heterocycles. The molecule has 8 heteroatoms. The molecule has 7 nitrogen and oxygen atoms in total. The van der Waals surface area contributed by atoms with E-state index in [9.17, 15) is 13.5 Å². The summed E-state index contributed by atoms with van der Waals surface area (Å²) in [5.41, 5.74) is 3.44. The number of methoxy groups -OCH3 is 1. The second-order valence-electron chi connectivity index (χ2n) is 8.72. The van der Waals surface area contributed by atoms with E-state index < -0.39 is 16.2 Å². The maximum atomic E-state index is 10.5. The Labute approximate surface area is 189 Å². The predicted molar refractivity (Wildman–Crippen MR) is 121 cm³/mol. The van der Waals surface area contributed by atoms with Gasteiger partial charge in [0.15, 0.2) is 11.5 Å². The molecule has 32 heavy (non-hydrogen) atoms. The standard InChI is InChI=1S/C17H21NO3.C7H8O3S/c1-18-8-7-17-6-5-12(19)9-14(17)21-16-13(20-2)4-3-11(10-18)15(16)17;1-6-2-4-7(5-3-6)11(8,9)10/h3-6,12,14,19H,7-10H2,1-2H3;2-5H,1H3,(H,8,9,10)/t12-,14-,17-;/m0./s1. The topological polar surface area (TPSA) is 96.3 Å². The summed E-state index contributed by atoms with van der Waals surface area (Å²) in [5.74, 6) is 1.68. The summed E-state index contributed by atoms with van der Waals surface area (Å²) in [6, 6.07) is 10.1. The Balaban J connectivity index is 0.000000189. The molecule has 0 radical (unpaired) electrons. The van der Waals surface area contributed by atoms with Crippen molar-refractivity contribution in [1.82, 2.24) is 4.90 Å². The number of hydrogen-bond acceptors (Lipinski definition) is 6. The number of aliphatic hydroxyl groups excluding tert-OH is 1. The minimum atomic E-state index is -4.02. The maximum absolute atomic E-state index is 10.5. The molecule has 2 N–H and O–H groups in total. The summed E-state index contributed by atoms with van der Waals surface area (Å²) in [6.07, 6.45) is 5.38. The van der Waals surface area contributed by atoms with Crippen LogP contribution in [0.25, 0.3) is 0 Å². The van der Waals surface area contributed by atoms with Crippen LogP contribution in [0, 0.1) is 6.92 Å². The monoisotopic (exact) mass is 459 g/mol. The van der Waals surface area contributed by atoms with Gasteiger partial charge in [-0.25, -0.2) is 0 Å². The summed E-state index contributed by atoms with van der Waals surface area (Å²) < 4.78 is 41.3. The van der Waals surface area contributed by atoms with Gasteiger partial charge >= 0.3 is 0 Å². The summed E-state index contributed by atoms with van der Waals surface area (Å²) in [4.78, 5) is 2.29. The zero-order chi connectivity index (χ0) is 23.1. The zero-order valence-corrected chi connectivity index (χ0v) is 19.3. The molecule has 0 saturated carbocycles. The summed E-state index contributed by atoms with van der Waals surface area (Å²) >= 11 is 0. The van der Waals surface area contributed by atoms with Crippen LogP contribution in [0.2, 0.25) is 0 Å². The Morgan fingerprint density at radius 2 is 1.91 bits per heavy atom. The maximum Gasteiger partial charge on any atom is 0.294 e. The third-order valence-corrected chi connectivity index (χ3v) is 7.33. The molecule has 2 aromatic rings. The van der Waals surface area contributed by atoms with E-state index in [1.807, 2.05) is 19.1 Å². The van der Waals surface area contributed by atoms with E-state index in [0.29, 0.717) is 6.42 Å². The highest BCUT2D eigenvalue weighted by molar-refractivity contribution is 7.85. The van der Waals surface area contributed by atoms with Crippen molar-refractivity contribution in [3.8, 4) is 11.5 Å². The van der Waals surface area contributed by atoms with Crippen LogP contribution in [0.3, 0.4) is 0 Å². The number of nitrogens with zero attached hydrogens (tertiary/aromatic N) is 1. The van der Waals surface area contributed by atoms with Crippen molar-refractivity contribution >= 4 is 10.1 Å². The zero-order valence-electron chi connectivity index (χ0n) is 18.5. The van der Waals surface area contributed by atoms with Gasteiger partial charge in [0.1, 0.15) is 6.10 Å². The van der Waals surface area contributed by atoms with E-state index in [1.54, 1.807) is 19.2 Å². The Bertz CT molecular complexity index is 1130. The van der Waals surface area contributed by atoms with Gasteiger partial charge in [-0.2, -0.15) is 8.42 Å². The molecule has 0 bridgehead atoms. The lowest BCUT2D eigenvalue weighted by Crippen LogP contribution is -2.42. The fraction of sp³-hybridized carbons (Fsp3) is 0.417. The first-order chi connectivity index (χ1) is 15.1. The number of benzene rings is 2. The number of aliphatic hydroxyl groups is 1. The molecular weight excluding hydrogens is 430 g/mol. The van der Waals surface area contributed by atoms with E-state index >= 15 is 0 Å². The summed E-state index contributed by atoms with van der Waals surface area (Å²) in [6.45, 7) is 3.80. The highest BCUT2D eigenvalue weighted by Crippen LogP contribution is 2.55. The molecule has 2 aliphatic heterocycles. The van der Waals surface area contributed by atoms with Crippen LogP contribution >= 0.6 is 0 Å². The Morgan fingerprint density at radius 1 is 1.19 bits per heavy atom. The van der Waals surface area contributed by atoms with Crippen LogP contribution in [-0.2, 0) is 22.1 Å². The average molecular weight is 460 g/mol. The molecular formula is C24H29NO6S. The second kappa shape index (κ2) is 8.51. The van der Waals surface area contributed by atoms with E-state index in [4.69, 9.17) is 14.0 Å². The van der Waals surface area contributed by atoms with Crippen molar-refractivity contribution in [2.45, 2.75) is 48.8 Å². The molecule has 1 aliphatic carbocycles. The van der Waals surface area contributed by atoms with E-state index in [0.717, 1.165) is 36.6 Å². The molecule has 0 amide bonds. The third kappa shape index (κ3) is 4.15.